The van der Waals surface area contributed by atoms with Gasteiger partial charge in [-0.1, -0.05) is 6.92 Å². The van der Waals surface area contributed by atoms with E-state index in [1.807, 2.05) is 32.6 Å². The van der Waals surface area contributed by atoms with E-state index in [0.717, 1.165) is 0 Å². The number of ether oxygens (including phenoxy) is 1. The van der Waals surface area contributed by atoms with E-state index in [0.29, 0.717) is 13.2 Å². The fourth-order valence-electron chi connectivity index (χ4n) is 1.73. The first-order chi connectivity index (χ1) is 6.95. The molecule has 1 rings (SSSR count). The molecule has 0 spiro atoms. The van der Waals surface area contributed by atoms with E-state index >= 15 is 0 Å². The van der Waals surface area contributed by atoms with E-state index in [1.54, 1.807) is 0 Å². The second kappa shape index (κ2) is 4.94. The maximum atomic E-state index is 12.1. The van der Waals surface area contributed by atoms with E-state index in [4.69, 9.17) is 10.5 Å². The molecule has 4 unspecified atom stereocenters. The zero-order valence-corrected chi connectivity index (χ0v) is 10.1. The molecule has 4 nitrogen and oxygen atoms in total. The Kier molecular flexibility index (Phi) is 4.11. The monoisotopic (exact) mass is 214 g/mol. The molecule has 4 atom stereocenters. The Morgan fingerprint density at radius 1 is 1.47 bits per heavy atom. The maximum absolute atomic E-state index is 12.1. The molecule has 1 heterocycles. The van der Waals surface area contributed by atoms with Crippen LogP contribution < -0.4 is 5.73 Å². The standard InChI is InChI=1S/C11H22N2O2/c1-7(8(2)12)11(14)13-5-6-15-10(4)9(13)3/h7-10H,5-6,12H2,1-4H3. The summed E-state index contributed by atoms with van der Waals surface area (Å²) in [6.07, 6.45) is 0.114. The Morgan fingerprint density at radius 2 is 2.07 bits per heavy atom. The SMILES string of the molecule is CC(N)C(C)C(=O)N1CCOC(C)C1C. The first-order valence-electron chi connectivity index (χ1n) is 5.62. The predicted molar refractivity (Wildman–Crippen MR) is 59.4 cm³/mol. The number of hydrogen-bond acceptors (Lipinski definition) is 3. The van der Waals surface area contributed by atoms with Crippen LogP contribution in [0.25, 0.3) is 0 Å². The number of nitrogens with two attached hydrogens (primary N) is 1. The van der Waals surface area contributed by atoms with Gasteiger partial charge in [0, 0.05) is 12.6 Å². The number of morpholine rings is 1. The van der Waals surface area contributed by atoms with Crippen molar-refractivity contribution >= 4 is 5.91 Å². The maximum Gasteiger partial charge on any atom is 0.227 e. The van der Waals surface area contributed by atoms with Crippen LogP contribution in [0.2, 0.25) is 0 Å². The van der Waals surface area contributed by atoms with E-state index in [2.05, 4.69) is 0 Å². The second-order valence-corrected chi connectivity index (χ2v) is 4.50. The van der Waals surface area contributed by atoms with Gasteiger partial charge in [0.2, 0.25) is 5.91 Å². The molecule has 15 heavy (non-hydrogen) atoms. The van der Waals surface area contributed by atoms with Crippen LogP contribution in [0.1, 0.15) is 27.7 Å². The summed E-state index contributed by atoms with van der Waals surface area (Å²) in [5.41, 5.74) is 5.74. The summed E-state index contributed by atoms with van der Waals surface area (Å²) >= 11 is 0. The Bertz CT molecular complexity index is 231. The lowest BCUT2D eigenvalue weighted by Gasteiger charge is -2.39. The van der Waals surface area contributed by atoms with Gasteiger partial charge in [-0.25, -0.2) is 0 Å². The zero-order chi connectivity index (χ0) is 11.6. The van der Waals surface area contributed by atoms with Crippen molar-refractivity contribution in [2.24, 2.45) is 11.7 Å². The first kappa shape index (κ1) is 12.5. The van der Waals surface area contributed by atoms with Crippen LogP contribution in [0, 0.1) is 5.92 Å². The molecule has 0 aromatic rings. The number of rotatable bonds is 2. The fraction of sp³-hybridized carbons (Fsp3) is 0.909. The van der Waals surface area contributed by atoms with Crippen LogP contribution in [0.3, 0.4) is 0 Å². The van der Waals surface area contributed by atoms with Crippen LogP contribution in [-0.2, 0) is 9.53 Å². The van der Waals surface area contributed by atoms with Gasteiger partial charge in [-0.3, -0.25) is 4.79 Å². The summed E-state index contributed by atoms with van der Waals surface area (Å²) in [6.45, 7) is 9.09. The lowest BCUT2D eigenvalue weighted by Crippen LogP contribution is -2.54. The van der Waals surface area contributed by atoms with Crippen molar-refractivity contribution in [3.8, 4) is 0 Å². The van der Waals surface area contributed by atoms with Gasteiger partial charge in [0.15, 0.2) is 0 Å². The summed E-state index contributed by atoms with van der Waals surface area (Å²) < 4.78 is 5.49. The highest BCUT2D eigenvalue weighted by Gasteiger charge is 2.32. The van der Waals surface area contributed by atoms with Crippen molar-refractivity contribution in [1.29, 1.82) is 0 Å². The molecule has 0 aromatic carbocycles. The van der Waals surface area contributed by atoms with Gasteiger partial charge in [-0.05, 0) is 20.8 Å². The topological polar surface area (TPSA) is 55.6 Å². The molecule has 1 amide bonds. The van der Waals surface area contributed by atoms with Crippen LogP contribution in [0.4, 0.5) is 0 Å². The molecular weight excluding hydrogens is 192 g/mol. The average Bonchev–Trinajstić information content (AvgIpc) is 2.20. The van der Waals surface area contributed by atoms with Crippen molar-refractivity contribution in [2.75, 3.05) is 13.2 Å². The molecule has 0 bridgehead atoms. The van der Waals surface area contributed by atoms with Gasteiger partial charge in [-0.15, -0.1) is 0 Å². The van der Waals surface area contributed by atoms with Crippen LogP contribution >= 0.6 is 0 Å². The Labute approximate surface area is 91.8 Å². The highest BCUT2D eigenvalue weighted by Crippen LogP contribution is 2.17. The number of amides is 1. The third-order valence-electron chi connectivity index (χ3n) is 3.35. The Hall–Kier alpha value is -0.610. The predicted octanol–water partition coefficient (Wildman–Crippen LogP) is 0.606. The lowest BCUT2D eigenvalue weighted by atomic mass is 10.0. The summed E-state index contributed by atoms with van der Waals surface area (Å²) in [6, 6.07) is 0.0512. The molecule has 1 aliphatic rings. The van der Waals surface area contributed by atoms with Crippen molar-refractivity contribution in [3.05, 3.63) is 0 Å². The van der Waals surface area contributed by atoms with Crippen molar-refractivity contribution < 1.29 is 9.53 Å². The highest BCUT2D eigenvalue weighted by molar-refractivity contribution is 5.79. The molecule has 1 aliphatic heterocycles. The Balaban J connectivity index is 2.66. The van der Waals surface area contributed by atoms with Gasteiger partial charge in [0.25, 0.3) is 0 Å². The average molecular weight is 214 g/mol. The largest absolute Gasteiger partial charge is 0.375 e. The summed E-state index contributed by atoms with van der Waals surface area (Å²) in [5, 5.41) is 0. The number of hydrogen-bond donors (Lipinski definition) is 1. The lowest BCUT2D eigenvalue weighted by molar-refractivity contribution is -0.148. The molecule has 1 fully saturated rings. The molecule has 0 aromatic heterocycles. The number of carbonyl (C=O) groups is 1. The van der Waals surface area contributed by atoms with E-state index in [-0.39, 0.29) is 30.0 Å². The highest BCUT2D eigenvalue weighted by atomic mass is 16.5. The van der Waals surface area contributed by atoms with Crippen LogP contribution in [-0.4, -0.2) is 42.1 Å². The third-order valence-corrected chi connectivity index (χ3v) is 3.35. The number of carbonyl (C=O) groups excluding carboxylic acids is 1. The second-order valence-electron chi connectivity index (χ2n) is 4.50. The molecule has 2 N–H and O–H groups in total. The normalized spacial score (nSPS) is 31.1. The van der Waals surface area contributed by atoms with Gasteiger partial charge < -0.3 is 15.4 Å². The van der Waals surface area contributed by atoms with Crippen LogP contribution in [0.15, 0.2) is 0 Å². The minimum absolute atomic E-state index is 0.0946. The zero-order valence-electron chi connectivity index (χ0n) is 10.1. The summed E-state index contributed by atoms with van der Waals surface area (Å²) in [5.74, 6) is 0.0328. The van der Waals surface area contributed by atoms with Gasteiger partial charge >= 0.3 is 0 Å². The van der Waals surface area contributed by atoms with Crippen LogP contribution in [0.5, 0.6) is 0 Å². The van der Waals surface area contributed by atoms with Gasteiger partial charge in [0.05, 0.1) is 24.7 Å². The molecular formula is C11H22N2O2. The summed E-state index contributed by atoms with van der Waals surface area (Å²) in [4.78, 5) is 14.0. The number of nitrogens with zero attached hydrogens (tertiary/aromatic N) is 1. The third kappa shape index (κ3) is 2.69. The fourth-order valence-corrected chi connectivity index (χ4v) is 1.73. The van der Waals surface area contributed by atoms with E-state index in [9.17, 15) is 4.79 Å². The van der Waals surface area contributed by atoms with Crippen molar-refractivity contribution in [1.82, 2.24) is 4.90 Å². The molecule has 0 aliphatic carbocycles. The quantitative estimate of drug-likeness (QED) is 0.732. The van der Waals surface area contributed by atoms with Crippen molar-refractivity contribution in [3.63, 3.8) is 0 Å². The first-order valence-corrected chi connectivity index (χ1v) is 5.62. The minimum atomic E-state index is -0.113. The smallest absolute Gasteiger partial charge is 0.227 e. The molecule has 88 valence electrons. The van der Waals surface area contributed by atoms with Gasteiger partial charge in [0.1, 0.15) is 0 Å². The van der Waals surface area contributed by atoms with E-state index < -0.39 is 0 Å². The molecule has 0 radical (unpaired) electrons. The molecule has 1 saturated heterocycles. The summed E-state index contributed by atoms with van der Waals surface area (Å²) in [7, 11) is 0. The molecule has 0 saturated carbocycles. The van der Waals surface area contributed by atoms with Crippen molar-refractivity contribution in [2.45, 2.75) is 45.9 Å². The Morgan fingerprint density at radius 3 is 2.60 bits per heavy atom. The minimum Gasteiger partial charge on any atom is -0.375 e. The van der Waals surface area contributed by atoms with E-state index in [1.165, 1.54) is 0 Å². The molecule has 4 heteroatoms. The van der Waals surface area contributed by atoms with Gasteiger partial charge in [-0.2, -0.15) is 0 Å².